The molecule has 0 atom stereocenters. The molecule has 0 radical (unpaired) electrons. The zero-order valence-electron chi connectivity index (χ0n) is 30.5. The van der Waals surface area contributed by atoms with Gasteiger partial charge in [0.2, 0.25) is 0 Å². The normalized spacial score (nSPS) is 11.2. The second kappa shape index (κ2) is 14.4. The van der Waals surface area contributed by atoms with E-state index in [0.29, 0.717) is 5.82 Å². The maximum Gasteiger partial charge on any atom is 0.161 e. The molecule has 8 aromatic carbocycles. The standard InChI is InChI=1S/C53H35N3/c1-5-17-36(18-6-1)40-25-15-27-42(31-40)49-35-50(43-28-16-26-41(32-43)37-19-7-2-8-20-37)56-53(55-49)47-34-51-52(45-30-14-13-29-44(45)47)46(38-21-9-3-10-22-38)33-48(54-51)39-23-11-4-12-24-39/h1-35H. The molecule has 2 heterocycles. The molecule has 2 aromatic heterocycles. The monoisotopic (exact) mass is 713 g/mol. The summed E-state index contributed by atoms with van der Waals surface area (Å²) >= 11 is 0. The van der Waals surface area contributed by atoms with E-state index < -0.39 is 0 Å². The number of fused-ring (bicyclic) bond motifs is 3. The van der Waals surface area contributed by atoms with Gasteiger partial charge in [-0.1, -0.05) is 182 Å². The average molecular weight is 714 g/mol. The van der Waals surface area contributed by atoms with Crippen molar-refractivity contribution in [3.8, 4) is 78.5 Å². The molecule has 56 heavy (non-hydrogen) atoms. The van der Waals surface area contributed by atoms with Gasteiger partial charge < -0.3 is 0 Å². The molecule has 0 aliphatic rings. The number of hydrogen-bond acceptors (Lipinski definition) is 3. The third kappa shape index (κ3) is 6.31. The van der Waals surface area contributed by atoms with Crippen molar-refractivity contribution in [3.05, 3.63) is 212 Å². The Hall–Kier alpha value is -7.49. The van der Waals surface area contributed by atoms with Crippen LogP contribution in [0.3, 0.4) is 0 Å². The average Bonchev–Trinajstić information content (AvgIpc) is 3.29. The molecule has 0 N–H and O–H groups in total. The van der Waals surface area contributed by atoms with Crippen LogP contribution in [-0.2, 0) is 0 Å². The summed E-state index contributed by atoms with van der Waals surface area (Å²) in [5.41, 5.74) is 14.5. The van der Waals surface area contributed by atoms with Crippen LogP contribution in [0.5, 0.6) is 0 Å². The van der Waals surface area contributed by atoms with Gasteiger partial charge in [-0.3, -0.25) is 0 Å². The summed E-state index contributed by atoms with van der Waals surface area (Å²) in [6.07, 6.45) is 0. The predicted molar refractivity (Wildman–Crippen MR) is 233 cm³/mol. The molecule has 262 valence electrons. The van der Waals surface area contributed by atoms with E-state index in [0.717, 1.165) is 94.4 Å². The maximum atomic E-state index is 5.39. The predicted octanol–water partition coefficient (Wildman–Crippen LogP) is 13.8. The quantitative estimate of drug-likeness (QED) is 0.154. The number of benzene rings is 8. The number of nitrogens with zero attached hydrogens (tertiary/aromatic N) is 3. The zero-order chi connectivity index (χ0) is 37.3. The molecule has 0 bridgehead atoms. The molecular formula is C53H35N3. The Labute approximate surface area is 326 Å². The fraction of sp³-hybridized carbons (Fsp3) is 0. The highest BCUT2D eigenvalue weighted by Gasteiger charge is 2.19. The molecule has 3 heteroatoms. The lowest BCUT2D eigenvalue weighted by Gasteiger charge is -2.16. The molecule has 0 aliphatic carbocycles. The van der Waals surface area contributed by atoms with Crippen molar-refractivity contribution < 1.29 is 0 Å². The van der Waals surface area contributed by atoms with E-state index in [-0.39, 0.29) is 0 Å². The number of aromatic nitrogens is 3. The Kier molecular flexibility index (Phi) is 8.51. The van der Waals surface area contributed by atoms with Crippen molar-refractivity contribution in [2.24, 2.45) is 0 Å². The Bertz CT molecular complexity index is 2900. The van der Waals surface area contributed by atoms with Gasteiger partial charge in [0, 0.05) is 27.6 Å². The maximum absolute atomic E-state index is 5.39. The summed E-state index contributed by atoms with van der Waals surface area (Å²) in [4.78, 5) is 16.2. The molecule has 0 saturated carbocycles. The van der Waals surface area contributed by atoms with Gasteiger partial charge in [-0.25, -0.2) is 15.0 Å². The summed E-state index contributed by atoms with van der Waals surface area (Å²) in [5.74, 6) is 0.652. The van der Waals surface area contributed by atoms with Crippen LogP contribution in [0.4, 0.5) is 0 Å². The minimum Gasteiger partial charge on any atom is -0.248 e. The highest BCUT2D eigenvalue weighted by molar-refractivity contribution is 6.18. The van der Waals surface area contributed by atoms with Crippen LogP contribution in [0.25, 0.3) is 100 Å². The van der Waals surface area contributed by atoms with Crippen LogP contribution >= 0.6 is 0 Å². The summed E-state index contributed by atoms with van der Waals surface area (Å²) in [7, 11) is 0. The van der Waals surface area contributed by atoms with Crippen molar-refractivity contribution in [3.63, 3.8) is 0 Å². The van der Waals surface area contributed by atoms with Crippen molar-refractivity contribution in [2.75, 3.05) is 0 Å². The first-order valence-corrected chi connectivity index (χ1v) is 18.9. The van der Waals surface area contributed by atoms with Gasteiger partial charge in [-0.15, -0.1) is 0 Å². The highest BCUT2D eigenvalue weighted by Crippen LogP contribution is 2.41. The van der Waals surface area contributed by atoms with E-state index in [4.69, 9.17) is 15.0 Å². The van der Waals surface area contributed by atoms with Gasteiger partial charge in [-0.05, 0) is 74.5 Å². The van der Waals surface area contributed by atoms with Crippen LogP contribution in [0.2, 0.25) is 0 Å². The first kappa shape index (κ1) is 33.1. The zero-order valence-corrected chi connectivity index (χ0v) is 30.5. The Morgan fingerprint density at radius 2 is 0.679 bits per heavy atom. The first-order valence-electron chi connectivity index (χ1n) is 18.9. The van der Waals surface area contributed by atoms with Crippen molar-refractivity contribution in [2.45, 2.75) is 0 Å². The summed E-state index contributed by atoms with van der Waals surface area (Å²) in [5, 5.41) is 3.29. The molecular weight excluding hydrogens is 679 g/mol. The molecule has 0 fully saturated rings. The fourth-order valence-electron chi connectivity index (χ4n) is 7.73. The van der Waals surface area contributed by atoms with Crippen molar-refractivity contribution in [1.29, 1.82) is 0 Å². The first-order chi connectivity index (χ1) is 27.7. The number of rotatable bonds is 7. The molecule has 0 aliphatic heterocycles. The van der Waals surface area contributed by atoms with Crippen molar-refractivity contribution >= 4 is 21.7 Å². The minimum absolute atomic E-state index is 0.652. The van der Waals surface area contributed by atoms with Gasteiger partial charge in [0.15, 0.2) is 5.82 Å². The van der Waals surface area contributed by atoms with Gasteiger partial charge in [-0.2, -0.15) is 0 Å². The molecule has 3 nitrogen and oxygen atoms in total. The molecule has 0 amide bonds. The summed E-state index contributed by atoms with van der Waals surface area (Å²) < 4.78 is 0. The number of hydrogen-bond donors (Lipinski definition) is 0. The Morgan fingerprint density at radius 3 is 1.23 bits per heavy atom. The molecule has 0 saturated heterocycles. The third-order valence-electron chi connectivity index (χ3n) is 10.5. The van der Waals surface area contributed by atoms with Crippen LogP contribution in [0.15, 0.2) is 212 Å². The summed E-state index contributed by atoms with van der Waals surface area (Å²) in [6, 6.07) is 74.4. The molecule has 10 aromatic rings. The lowest BCUT2D eigenvalue weighted by molar-refractivity contribution is 1.19. The topological polar surface area (TPSA) is 38.7 Å². The van der Waals surface area contributed by atoms with Crippen LogP contribution in [0, 0.1) is 0 Å². The number of pyridine rings is 1. The lowest BCUT2D eigenvalue weighted by atomic mass is 9.92. The lowest BCUT2D eigenvalue weighted by Crippen LogP contribution is -1.98. The van der Waals surface area contributed by atoms with Gasteiger partial charge in [0.1, 0.15) is 0 Å². The highest BCUT2D eigenvalue weighted by atomic mass is 14.9. The molecule has 0 unspecified atom stereocenters. The summed E-state index contributed by atoms with van der Waals surface area (Å²) in [6.45, 7) is 0. The van der Waals surface area contributed by atoms with Crippen LogP contribution in [-0.4, -0.2) is 15.0 Å². The molecule has 10 rings (SSSR count). The van der Waals surface area contributed by atoms with E-state index >= 15 is 0 Å². The van der Waals surface area contributed by atoms with Gasteiger partial charge in [0.25, 0.3) is 0 Å². The van der Waals surface area contributed by atoms with Crippen molar-refractivity contribution in [1.82, 2.24) is 15.0 Å². The minimum atomic E-state index is 0.652. The Morgan fingerprint density at radius 1 is 0.250 bits per heavy atom. The van der Waals surface area contributed by atoms with E-state index in [1.807, 2.05) is 18.2 Å². The van der Waals surface area contributed by atoms with Gasteiger partial charge >= 0.3 is 0 Å². The third-order valence-corrected chi connectivity index (χ3v) is 10.5. The van der Waals surface area contributed by atoms with Gasteiger partial charge in [0.05, 0.1) is 22.6 Å². The van der Waals surface area contributed by atoms with Crippen LogP contribution < -0.4 is 0 Å². The smallest absolute Gasteiger partial charge is 0.161 e. The van der Waals surface area contributed by atoms with E-state index in [1.165, 1.54) is 0 Å². The van der Waals surface area contributed by atoms with E-state index in [2.05, 4.69) is 194 Å². The molecule has 0 spiro atoms. The Balaban J connectivity index is 1.24. The van der Waals surface area contributed by atoms with E-state index in [1.54, 1.807) is 0 Å². The van der Waals surface area contributed by atoms with E-state index in [9.17, 15) is 0 Å². The second-order valence-corrected chi connectivity index (χ2v) is 14.0. The second-order valence-electron chi connectivity index (χ2n) is 14.0. The SMILES string of the molecule is c1ccc(-c2cccc(-c3cc(-c4cccc(-c5ccccc5)c4)nc(-c4cc5nc(-c6ccccc6)cc(-c6ccccc6)c5c5ccccc45)n3)c2)cc1. The largest absolute Gasteiger partial charge is 0.248 e. The fourth-order valence-corrected chi connectivity index (χ4v) is 7.73. The van der Waals surface area contributed by atoms with Crippen LogP contribution in [0.1, 0.15) is 0 Å².